The van der Waals surface area contributed by atoms with Crippen LogP contribution in [0.25, 0.3) is 10.2 Å². The maximum atomic E-state index is 5.96. The van der Waals surface area contributed by atoms with Gasteiger partial charge in [0.2, 0.25) is 0 Å². The molecule has 1 fully saturated rings. The molecule has 1 saturated carbocycles. The normalized spacial score (nSPS) is 25.4. The summed E-state index contributed by atoms with van der Waals surface area (Å²) in [4.78, 5) is 4.73. The van der Waals surface area contributed by atoms with E-state index in [9.17, 15) is 0 Å². The van der Waals surface area contributed by atoms with Crippen LogP contribution in [0.4, 0.5) is 0 Å². The zero-order chi connectivity index (χ0) is 11.1. The van der Waals surface area contributed by atoms with Crippen LogP contribution >= 0.6 is 11.3 Å². The number of nitrogens with two attached hydrogens (primary N) is 1. The van der Waals surface area contributed by atoms with Crippen molar-refractivity contribution in [1.82, 2.24) is 4.98 Å². The molecular formula is C13H16N2S. The summed E-state index contributed by atoms with van der Waals surface area (Å²) in [5.74, 6) is 0.604. The van der Waals surface area contributed by atoms with Gasteiger partial charge in [-0.3, -0.25) is 0 Å². The van der Waals surface area contributed by atoms with E-state index in [1.165, 1.54) is 21.7 Å². The summed E-state index contributed by atoms with van der Waals surface area (Å²) in [6, 6.07) is 6.87. The van der Waals surface area contributed by atoms with Crippen LogP contribution in [-0.4, -0.2) is 11.0 Å². The second-order valence-electron chi connectivity index (χ2n) is 4.79. The molecule has 2 unspecified atom stereocenters. The average Bonchev–Trinajstić information content (AvgIpc) is 2.83. The van der Waals surface area contributed by atoms with Crippen LogP contribution in [0.15, 0.2) is 18.2 Å². The maximum Gasteiger partial charge on any atom is 0.0970 e. The third kappa shape index (κ3) is 1.74. The van der Waals surface area contributed by atoms with Gasteiger partial charge in [-0.1, -0.05) is 6.07 Å². The van der Waals surface area contributed by atoms with Crippen molar-refractivity contribution in [2.24, 2.45) is 5.73 Å². The van der Waals surface area contributed by atoms with E-state index in [-0.39, 0.29) is 0 Å². The minimum Gasteiger partial charge on any atom is -0.328 e. The van der Waals surface area contributed by atoms with E-state index in [0.717, 1.165) is 18.4 Å². The van der Waals surface area contributed by atoms with Crippen molar-refractivity contribution in [3.8, 4) is 0 Å². The maximum absolute atomic E-state index is 5.96. The fourth-order valence-electron chi connectivity index (χ4n) is 2.46. The molecule has 2 atom stereocenters. The van der Waals surface area contributed by atoms with Crippen molar-refractivity contribution in [2.75, 3.05) is 0 Å². The molecule has 0 bridgehead atoms. The first kappa shape index (κ1) is 10.2. The minimum absolute atomic E-state index is 0.388. The standard InChI is InChI=1S/C13H16N2S/c1-8-2-5-11-12(6-8)16-13(15-11)9-3-4-10(14)7-9/h2,5-6,9-10H,3-4,7,14H2,1H3. The Morgan fingerprint density at radius 1 is 1.38 bits per heavy atom. The molecule has 3 rings (SSSR count). The summed E-state index contributed by atoms with van der Waals surface area (Å²) in [7, 11) is 0. The fourth-order valence-corrected chi connectivity index (χ4v) is 3.68. The third-order valence-corrected chi connectivity index (χ3v) is 4.56. The lowest BCUT2D eigenvalue weighted by Gasteiger charge is -2.03. The molecule has 1 aromatic heterocycles. The molecule has 2 N–H and O–H groups in total. The number of fused-ring (bicyclic) bond motifs is 1. The lowest BCUT2D eigenvalue weighted by Crippen LogP contribution is -2.14. The van der Waals surface area contributed by atoms with Crippen LogP contribution in [-0.2, 0) is 0 Å². The van der Waals surface area contributed by atoms with E-state index in [0.29, 0.717) is 12.0 Å². The predicted molar refractivity (Wildman–Crippen MR) is 68.9 cm³/mol. The first-order valence-electron chi connectivity index (χ1n) is 5.85. The molecule has 1 aliphatic rings. The monoisotopic (exact) mass is 232 g/mol. The molecule has 1 aliphatic carbocycles. The summed E-state index contributed by atoms with van der Waals surface area (Å²) in [5.41, 5.74) is 8.41. The Morgan fingerprint density at radius 2 is 2.25 bits per heavy atom. The van der Waals surface area contributed by atoms with Crippen LogP contribution in [0.5, 0.6) is 0 Å². The molecule has 16 heavy (non-hydrogen) atoms. The van der Waals surface area contributed by atoms with Crippen molar-refractivity contribution in [1.29, 1.82) is 0 Å². The van der Waals surface area contributed by atoms with Crippen molar-refractivity contribution >= 4 is 21.6 Å². The predicted octanol–water partition coefficient (Wildman–Crippen LogP) is 3.20. The molecule has 0 saturated heterocycles. The van der Waals surface area contributed by atoms with Gasteiger partial charge in [0.1, 0.15) is 0 Å². The van der Waals surface area contributed by atoms with Crippen molar-refractivity contribution in [2.45, 2.75) is 38.1 Å². The molecule has 0 radical (unpaired) electrons. The lowest BCUT2D eigenvalue weighted by atomic mass is 10.1. The first-order valence-corrected chi connectivity index (χ1v) is 6.66. The Bertz CT molecular complexity index is 518. The topological polar surface area (TPSA) is 38.9 Å². The highest BCUT2D eigenvalue weighted by Gasteiger charge is 2.25. The van der Waals surface area contributed by atoms with E-state index in [4.69, 9.17) is 10.7 Å². The summed E-state index contributed by atoms with van der Waals surface area (Å²) in [5, 5.41) is 1.29. The van der Waals surface area contributed by atoms with Crippen LogP contribution in [0, 0.1) is 6.92 Å². The highest BCUT2D eigenvalue weighted by atomic mass is 32.1. The number of aromatic nitrogens is 1. The molecule has 1 heterocycles. The quantitative estimate of drug-likeness (QED) is 0.820. The van der Waals surface area contributed by atoms with Gasteiger partial charge < -0.3 is 5.73 Å². The van der Waals surface area contributed by atoms with Gasteiger partial charge in [0, 0.05) is 12.0 Å². The van der Waals surface area contributed by atoms with Crippen molar-refractivity contribution < 1.29 is 0 Å². The number of rotatable bonds is 1. The Kier molecular flexibility index (Phi) is 2.45. The Hall–Kier alpha value is -0.930. The number of benzene rings is 1. The molecular weight excluding hydrogens is 216 g/mol. The summed E-state index contributed by atoms with van der Waals surface area (Å²) in [6.07, 6.45) is 3.47. The zero-order valence-corrected chi connectivity index (χ0v) is 10.3. The summed E-state index contributed by atoms with van der Waals surface area (Å²) in [6.45, 7) is 2.13. The number of hydrogen-bond acceptors (Lipinski definition) is 3. The lowest BCUT2D eigenvalue weighted by molar-refractivity contribution is 0.673. The number of aryl methyl sites for hydroxylation is 1. The van der Waals surface area contributed by atoms with Gasteiger partial charge in [-0.25, -0.2) is 4.98 Å². The fraction of sp³-hybridized carbons (Fsp3) is 0.462. The molecule has 0 amide bonds. The number of hydrogen-bond donors (Lipinski definition) is 1. The van der Waals surface area contributed by atoms with E-state index in [2.05, 4.69) is 25.1 Å². The first-order chi connectivity index (χ1) is 7.72. The molecule has 2 aromatic rings. The van der Waals surface area contributed by atoms with Gasteiger partial charge in [-0.05, 0) is 43.9 Å². The zero-order valence-electron chi connectivity index (χ0n) is 9.44. The van der Waals surface area contributed by atoms with Crippen LogP contribution in [0.3, 0.4) is 0 Å². The van der Waals surface area contributed by atoms with Gasteiger partial charge in [0.15, 0.2) is 0 Å². The van der Waals surface area contributed by atoms with Gasteiger partial charge >= 0.3 is 0 Å². The largest absolute Gasteiger partial charge is 0.328 e. The van der Waals surface area contributed by atoms with Gasteiger partial charge in [0.25, 0.3) is 0 Å². The SMILES string of the molecule is Cc1ccc2nc(C3CCC(N)C3)sc2c1. The summed E-state index contributed by atoms with van der Waals surface area (Å²) < 4.78 is 1.32. The molecule has 0 aliphatic heterocycles. The highest BCUT2D eigenvalue weighted by molar-refractivity contribution is 7.18. The summed E-state index contributed by atoms with van der Waals surface area (Å²) >= 11 is 1.84. The van der Waals surface area contributed by atoms with Crippen LogP contribution < -0.4 is 5.73 Å². The Labute approximate surface area is 99.5 Å². The molecule has 84 valence electrons. The minimum atomic E-state index is 0.388. The Morgan fingerprint density at radius 3 is 3.00 bits per heavy atom. The third-order valence-electron chi connectivity index (χ3n) is 3.38. The van der Waals surface area contributed by atoms with Gasteiger partial charge in [0.05, 0.1) is 15.2 Å². The smallest absolute Gasteiger partial charge is 0.0970 e. The van der Waals surface area contributed by atoms with E-state index in [1.807, 2.05) is 11.3 Å². The van der Waals surface area contributed by atoms with Gasteiger partial charge in [-0.2, -0.15) is 0 Å². The van der Waals surface area contributed by atoms with Crippen molar-refractivity contribution in [3.63, 3.8) is 0 Å². The van der Waals surface area contributed by atoms with E-state index < -0.39 is 0 Å². The number of nitrogens with zero attached hydrogens (tertiary/aromatic N) is 1. The van der Waals surface area contributed by atoms with Crippen LogP contribution in [0.2, 0.25) is 0 Å². The molecule has 3 heteroatoms. The second kappa shape index (κ2) is 3.82. The molecule has 1 aromatic carbocycles. The molecule has 0 spiro atoms. The average molecular weight is 232 g/mol. The van der Waals surface area contributed by atoms with Gasteiger partial charge in [-0.15, -0.1) is 11.3 Å². The number of thiazole rings is 1. The Balaban J connectivity index is 1.99. The van der Waals surface area contributed by atoms with Crippen molar-refractivity contribution in [3.05, 3.63) is 28.8 Å². The van der Waals surface area contributed by atoms with E-state index >= 15 is 0 Å². The van der Waals surface area contributed by atoms with Crippen LogP contribution in [0.1, 0.15) is 35.8 Å². The molecule has 2 nitrogen and oxygen atoms in total. The highest BCUT2D eigenvalue weighted by Crippen LogP contribution is 2.37. The van der Waals surface area contributed by atoms with E-state index in [1.54, 1.807) is 0 Å². The second-order valence-corrected chi connectivity index (χ2v) is 5.86.